The minimum absolute atomic E-state index is 0.796. The lowest BCUT2D eigenvalue weighted by atomic mass is 10.4. The summed E-state index contributed by atoms with van der Waals surface area (Å²) in [5, 5.41) is 0. The molecule has 0 radical (unpaired) electrons. The van der Waals surface area contributed by atoms with Gasteiger partial charge in [-0.15, -0.1) is 0 Å². The summed E-state index contributed by atoms with van der Waals surface area (Å²) in [7, 11) is 0. The van der Waals surface area contributed by atoms with Crippen molar-refractivity contribution < 1.29 is 9.47 Å². The Morgan fingerprint density at radius 1 is 0.833 bits per heavy atom. The molecular formula is C10H20O2. The monoisotopic (exact) mass is 172 g/mol. The van der Waals surface area contributed by atoms with Crippen LogP contribution in [-0.2, 0) is 9.47 Å². The van der Waals surface area contributed by atoms with E-state index in [2.05, 4.69) is 13.8 Å². The van der Waals surface area contributed by atoms with Gasteiger partial charge in [-0.05, 0) is 12.8 Å². The molecule has 0 amide bonds. The molecule has 0 aliphatic carbocycles. The lowest BCUT2D eigenvalue weighted by Crippen LogP contribution is -1.88. The molecule has 0 aliphatic heterocycles. The number of rotatable bonds is 8. The average Bonchev–Trinajstić information content (AvgIpc) is 2.10. The summed E-state index contributed by atoms with van der Waals surface area (Å²) in [6.45, 7) is 5.88. The maximum atomic E-state index is 5.15. The van der Waals surface area contributed by atoms with E-state index in [1.54, 1.807) is 12.5 Å². The second-order valence-electron chi connectivity index (χ2n) is 2.72. The molecule has 2 nitrogen and oxygen atoms in total. The first-order valence-corrected chi connectivity index (χ1v) is 4.80. The van der Waals surface area contributed by atoms with Gasteiger partial charge in [0.2, 0.25) is 0 Å². The fourth-order valence-electron chi connectivity index (χ4n) is 0.670. The van der Waals surface area contributed by atoms with Gasteiger partial charge in [0.1, 0.15) is 12.5 Å². The molecule has 0 rings (SSSR count). The summed E-state index contributed by atoms with van der Waals surface area (Å²) in [6, 6.07) is 0. The maximum absolute atomic E-state index is 5.15. The summed E-state index contributed by atoms with van der Waals surface area (Å²) >= 11 is 0. The van der Waals surface area contributed by atoms with Crippen molar-refractivity contribution in [2.75, 3.05) is 13.2 Å². The number of unbranched alkanes of at least 4 members (excludes halogenated alkanes) is 2. The van der Waals surface area contributed by atoms with Gasteiger partial charge in [0, 0.05) is 0 Å². The molecule has 0 aromatic heterocycles. The molecule has 0 N–H and O–H groups in total. The van der Waals surface area contributed by atoms with E-state index in [0.29, 0.717) is 0 Å². The van der Waals surface area contributed by atoms with Crippen molar-refractivity contribution in [3.8, 4) is 0 Å². The molecule has 0 unspecified atom stereocenters. The largest absolute Gasteiger partial charge is 0.498 e. The minimum Gasteiger partial charge on any atom is -0.498 e. The molecule has 12 heavy (non-hydrogen) atoms. The van der Waals surface area contributed by atoms with E-state index in [4.69, 9.17) is 9.47 Å². The Hall–Kier alpha value is -0.660. The van der Waals surface area contributed by atoms with Crippen LogP contribution in [0.4, 0.5) is 0 Å². The standard InChI is InChI=1S/C10H20O2/c1-3-5-7-11-9-10-12-8-6-4-2/h9-10H,3-8H2,1-2H3/b10-9+. The molecule has 0 bridgehead atoms. The Labute approximate surface area is 75.6 Å². The topological polar surface area (TPSA) is 18.5 Å². The maximum Gasteiger partial charge on any atom is 0.117 e. The molecule has 0 saturated carbocycles. The number of hydrogen-bond acceptors (Lipinski definition) is 2. The van der Waals surface area contributed by atoms with E-state index in [0.717, 1.165) is 26.1 Å². The predicted molar refractivity (Wildman–Crippen MR) is 50.9 cm³/mol. The predicted octanol–water partition coefficient (Wildman–Crippen LogP) is 3.09. The summed E-state index contributed by atoms with van der Waals surface area (Å²) in [5.74, 6) is 0. The Kier molecular flexibility index (Phi) is 9.77. The highest BCUT2D eigenvalue weighted by molar-refractivity contribution is 4.60. The molecule has 2 heteroatoms. The van der Waals surface area contributed by atoms with E-state index in [9.17, 15) is 0 Å². The van der Waals surface area contributed by atoms with Crippen LogP contribution in [0.5, 0.6) is 0 Å². The third-order valence-electron chi connectivity index (χ3n) is 1.48. The molecule has 72 valence electrons. The normalized spacial score (nSPS) is 10.5. The van der Waals surface area contributed by atoms with Crippen LogP contribution in [0.1, 0.15) is 39.5 Å². The van der Waals surface area contributed by atoms with Gasteiger partial charge in [-0.2, -0.15) is 0 Å². The Morgan fingerprint density at radius 3 is 1.58 bits per heavy atom. The van der Waals surface area contributed by atoms with Crippen LogP contribution in [0.25, 0.3) is 0 Å². The third-order valence-corrected chi connectivity index (χ3v) is 1.48. The number of ether oxygens (including phenoxy) is 2. The first-order chi connectivity index (χ1) is 5.91. The molecule has 0 saturated heterocycles. The lowest BCUT2D eigenvalue weighted by molar-refractivity contribution is 0.199. The van der Waals surface area contributed by atoms with Crippen LogP contribution in [0.15, 0.2) is 12.5 Å². The van der Waals surface area contributed by atoms with E-state index in [-0.39, 0.29) is 0 Å². The van der Waals surface area contributed by atoms with Crippen LogP contribution >= 0.6 is 0 Å². The average molecular weight is 172 g/mol. The second kappa shape index (κ2) is 10.3. The van der Waals surface area contributed by atoms with Crippen molar-refractivity contribution >= 4 is 0 Å². The molecule has 0 spiro atoms. The summed E-state index contributed by atoms with van der Waals surface area (Å²) < 4.78 is 10.3. The molecule has 0 aromatic carbocycles. The van der Waals surface area contributed by atoms with Gasteiger partial charge in [-0.3, -0.25) is 0 Å². The summed E-state index contributed by atoms with van der Waals surface area (Å²) in [5.41, 5.74) is 0. The van der Waals surface area contributed by atoms with E-state index >= 15 is 0 Å². The fraction of sp³-hybridized carbons (Fsp3) is 0.800. The summed E-state index contributed by atoms with van der Waals surface area (Å²) in [6.07, 6.45) is 7.82. The van der Waals surface area contributed by atoms with Crippen molar-refractivity contribution in [3.63, 3.8) is 0 Å². The third kappa shape index (κ3) is 9.34. The molecule has 0 fully saturated rings. The highest BCUT2D eigenvalue weighted by atomic mass is 16.5. The Balaban J connectivity index is 2.93. The van der Waals surface area contributed by atoms with Crippen LogP contribution < -0.4 is 0 Å². The quantitative estimate of drug-likeness (QED) is 0.414. The Morgan fingerprint density at radius 2 is 1.25 bits per heavy atom. The van der Waals surface area contributed by atoms with Gasteiger partial charge >= 0.3 is 0 Å². The van der Waals surface area contributed by atoms with E-state index < -0.39 is 0 Å². The van der Waals surface area contributed by atoms with Gasteiger partial charge in [-0.1, -0.05) is 26.7 Å². The zero-order valence-electron chi connectivity index (χ0n) is 8.21. The van der Waals surface area contributed by atoms with Gasteiger partial charge in [0.25, 0.3) is 0 Å². The first-order valence-electron chi connectivity index (χ1n) is 4.80. The zero-order chi connectivity index (χ0) is 9.07. The Bertz CT molecular complexity index is 88.0. The van der Waals surface area contributed by atoms with E-state index in [1.165, 1.54) is 12.8 Å². The smallest absolute Gasteiger partial charge is 0.117 e. The van der Waals surface area contributed by atoms with Crippen LogP contribution in [0.2, 0.25) is 0 Å². The molecule has 0 heterocycles. The van der Waals surface area contributed by atoms with Crippen molar-refractivity contribution in [2.24, 2.45) is 0 Å². The molecule has 0 atom stereocenters. The van der Waals surface area contributed by atoms with Crippen molar-refractivity contribution in [2.45, 2.75) is 39.5 Å². The minimum atomic E-state index is 0.796. The molecular weight excluding hydrogens is 152 g/mol. The first kappa shape index (κ1) is 11.3. The van der Waals surface area contributed by atoms with Crippen LogP contribution in [0.3, 0.4) is 0 Å². The zero-order valence-corrected chi connectivity index (χ0v) is 8.21. The molecule has 0 aliphatic rings. The molecule has 0 aromatic rings. The fourth-order valence-corrected chi connectivity index (χ4v) is 0.670. The summed E-state index contributed by atoms with van der Waals surface area (Å²) in [4.78, 5) is 0. The van der Waals surface area contributed by atoms with Crippen molar-refractivity contribution in [3.05, 3.63) is 12.5 Å². The highest BCUT2D eigenvalue weighted by Crippen LogP contribution is 1.91. The second-order valence-corrected chi connectivity index (χ2v) is 2.72. The SMILES string of the molecule is CCCCO/C=C/OCCCC. The highest BCUT2D eigenvalue weighted by Gasteiger charge is 1.81. The van der Waals surface area contributed by atoms with Crippen molar-refractivity contribution in [1.29, 1.82) is 0 Å². The van der Waals surface area contributed by atoms with Crippen LogP contribution in [-0.4, -0.2) is 13.2 Å². The lowest BCUT2D eigenvalue weighted by Gasteiger charge is -1.99. The van der Waals surface area contributed by atoms with Gasteiger partial charge in [0.15, 0.2) is 0 Å². The van der Waals surface area contributed by atoms with Gasteiger partial charge in [-0.25, -0.2) is 0 Å². The van der Waals surface area contributed by atoms with Crippen LogP contribution in [0, 0.1) is 0 Å². The number of hydrogen-bond donors (Lipinski definition) is 0. The van der Waals surface area contributed by atoms with Gasteiger partial charge < -0.3 is 9.47 Å². The van der Waals surface area contributed by atoms with E-state index in [1.807, 2.05) is 0 Å². The van der Waals surface area contributed by atoms with Gasteiger partial charge in [0.05, 0.1) is 13.2 Å². The van der Waals surface area contributed by atoms with Crippen molar-refractivity contribution in [1.82, 2.24) is 0 Å².